The van der Waals surface area contributed by atoms with Crippen molar-refractivity contribution >= 4 is 23.5 Å². The fraction of sp³-hybridized carbons (Fsp3) is 0.429. The molecule has 19 heavy (non-hydrogen) atoms. The number of alkyl halides is 1. The monoisotopic (exact) mass is 283 g/mol. The molecule has 0 radical (unpaired) electrons. The first-order valence-electron chi connectivity index (χ1n) is 5.99. The molecular weight excluding hydrogens is 266 g/mol. The Morgan fingerprint density at radius 2 is 1.89 bits per heavy atom. The molecule has 0 bridgehead atoms. The summed E-state index contributed by atoms with van der Waals surface area (Å²) in [6, 6.07) is 9.38. The van der Waals surface area contributed by atoms with E-state index in [0.717, 1.165) is 5.56 Å². The summed E-state index contributed by atoms with van der Waals surface area (Å²) in [4.78, 5) is 22.9. The largest absolute Gasteiger partial charge is 0.445 e. The molecule has 1 amide bonds. The molecule has 1 rings (SSSR count). The van der Waals surface area contributed by atoms with Crippen molar-refractivity contribution in [2.45, 2.75) is 32.4 Å². The maximum absolute atomic E-state index is 11.6. The van der Waals surface area contributed by atoms with Gasteiger partial charge in [0.25, 0.3) is 0 Å². The molecule has 0 spiro atoms. The van der Waals surface area contributed by atoms with Gasteiger partial charge in [0.1, 0.15) is 12.4 Å². The van der Waals surface area contributed by atoms with Gasteiger partial charge in [-0.05, 0) is 19.4 Å². The Labute approximate surface area is 118 Å². The van der Waals surface area contributed by atoms with Crippen LogP contribution in [0.5, 0.6) is 0 Å². The second-order valence-electron chi connectivity index (χ2n) is 4.92. The van der Waals surface area contributed by atoms with Crippen molar-refractivity contribution in [3.8, 4) is 0 Å². The summed E-state index contributed by atoms with van der Waals surface area (Å²) in [5.74, 6) is -0.167. The lowest BCUT2D eigenvalue weighted by Gasteiger charge is -2.24. The Kier molecular flexibility index (Phi) is 5.83. The SMILES string of the molecule is CC(C)(CC(=O)CCl)NC(=O)OCc1ccccc1. The zero-order valence-electron chi connectivity index (χ0n) is 11.1. The molecule has 0 unspecified atom stereocenters. The molecule has 1 N–H and O–H groups in total. The van der Waals surface area contributed by atoms with Crippen LogP contribution in [-0.2, 0) is 16.1 Å². The number of carbonyl (C=O) groups excluding carboxylic acids is 2. The highest BCUT2D eigenvalue weighted by Crippen LogP contribution is 2.10. The number of Topliss-reactive ketones (excluding diaryl/α,β-unsaturated/α-hetero) is 1. The summed E-state index contributed by atoms with van der Waals surface area (Å²) in [5.41, 5.74) is 0.243. The average molecular weight is 284 g/mol. The van der Waals surface area contributed by atoms with E-state index in [2.05, 4.69) is 5.32 Å². The predicted molar refractivity (Wildman–Crippen MR) is 74.2 cm³/mol. The quantitative estimate of drug-likeness (QED) is 0.817. The number of hydrogen-bond acceptors (Lipinski definition) is 3. The number of alkyl carbamates (subject to hydrolysis) is 1. The van der Waals surface area contributed by atoms with E-state index in [1.54, 1.807) is 13.8 Å². The van der Waals surface area contributed by atoms with Crippen LogP contribution in [0.4, 0.5) is 4.79 Å². The van der Waals surface area contributed by atoms with Crippen LogP contribution in [0.2, 0.25) is 0 Å². The first-order chi connectivity index (χ1) is 8.93. The molecule has 0 aliphatic carbocycles. The van der Waals surface area contributed by atoms with Crippen LogP contribution in [-0.4, -0.2) is 23.3 Å². The van der Waals surface area contributed by atoms with Crippen LogP contribution < -0.4 is 5.32 Å². The van der Waals surface area contributed by atoms with E-state index < -0.39 is 11.6 Å². The van der Waals surface area contributed by atoms with Gasteiger partial charge in [-0.2, -0.15) is 0 Å². The Morgan fingerprint density at radius 1 is 1.26 bits per heavy atom. The number of halogens is 1. The molecule has 104 valence electrons. The van der Waals surface area contributed by atoms with Crippen molar-refractivity contribution < 1.29 is 14.3 Å². The third kappa shape index (κ3) is 6.25. The second kappa shape index (κ2) is 7.14. The lowest BCUT2D eigenvalue weighted by Crippen LogP contribution is -2.45. The van der Waals surface area contributed by atoms with Crippen LogP contribution in [0, 0.1) is 0 Å². The summed E-state index contributed by atoms with van der Waals surface area (Å²) in [7, 11) is 0. The Balaban J connectivity index is 2.40. The van der Waals surface area contributed by atoms with Gasteiger partial charge in [0.15, 0.2) is 0 Å². The normalized spacial score (nSPS) is 10.9. The highest BCUT2D eigenvalue weighted by Gasteiger charge is 2.24. The molecule has 0 aromatic heterocycles. The zero-order valence-corrected chi connectivity index (χ0v) is 11.9. The number of nitrogens with one attached hydrogen (secondary N) is 1. The average Bonchev–Trinajstić information content (AvgIpc) is 2.36. The molecule has 0 atom stereocenters. The van der Waals surface area contributed by atoms with Gasteiger partial charge in [0.05, 0.1) is 5.88 Å². The minimum atomic E-state index is -0.667. The molecule has 4 nitrogen and oxygen atoms in total. The van der Waals surface area contributed by atoms with Crippen LogP contribution in [0.25, 0.3) is 0 Å². The van der Waals surface area contributed by atoms with E-state index in [0.29, 0.717) is 0 Å². The molecule has 0 aliphatic heterocycles. The van der Waals surface area contributed by atoms with Crippen molar-refractivity contribution in [1.82, 2.24) is 5.32 Å². The number of hydrogen-bond donors (Lipinski definition) is 1. The lowest BCUT2D eigenvalue weighted by molar-refractivity contribution is -0.117. The molecule has 0 saturated heterocycles. The first kappa shape index (κ1) is 15.5. The topological polar surface area (TPSA) is 55.4 Å². The maximum atomic E-state index is 11.6. The maximum Gasteiger partial charge on any atom is 0.407 e. The smallest absolute Gasteiger partial charge is 0.407 e. The molecule has 0 saturated carbocycles. The van der Waals surface area contributed by atoms with E-state index in [9.17, 15) is 9.59 Å². The van der Waals surface area contributed by atoms with Gasteiger partial charge in [-0.1, -0.05) is 30.3 Å². The highest BCUT2D eigenvalue weighted by atomic mass is 35.5. The van der Waals surface area contributed by atoms with Gasteiger partial charge in [-0.15, -0.1) is 11.6 Å². The Bertz CT molecular complexity index is 432. The number of carbonyl (C=O) groups is 2. The van der Waals surface area contributed by atoms with Crippen molar-refractivity contribution in [3.63, 3.8) is 0 Å². The summed E-state index contributed by atoms with van der Waals surface area (Å²) >= 11 is 5.44. The summed E-state index contributed by atoms with van der Waals surface area (Å²) in [6.07, 6.45) is -0.368. The van der Waals surface area contributed by atoms with Gasteiger partial charge in [0, 0.05) is 12.0 Å². The van der Waals surface area contributed by atoms with Crippen molar-refractivity contribution in [3.05, 3.63) is 35.9 Å². The summed E-state index contributed by atoms with van der Waals surface area (Å²) in [6.45, 7) is 3.70. The van der Waals surface area contributed by atoms with E-state index in [1.807, 2.05) is 30.3 Å². The van der Waals surface area contributed by atoms with Crippen LogP contribution >= 0.6 is 11.6 Å². The van der Waals surface area contributed by atoms with Gasteiger partial charge in [0.2, 0.25) is 0 Å². The lowest BCUT2D eigenvalue weighted by atomic mass is 9.99. The molecular formula is C14H18ClNO3. The van der Waals surface area contributed by atoms with Gasteiger partial charge < -0.3 is 10.1 Å². The molecule has 1 aromatic carbocycles. The molecule has 1 aromatic rings. The van der Waals surface area contributed by atoms with E-state index in [4.69, 9.17) is 16.3 Å². The van der Waals surface area contributed by atoms with Crippen molar-refractivity contribution in [1.29, 1.82) is 0 Å². The highest BCUT2D eigenvalue weighted by molar-refractivity contribution is 6.27. The Morgan fingerprint density at radius 3 is 2.47 bits per heavy atom. The van der Waals surface area contributed by atoms with E-state index in [1.165, 1.54) is 0 Å². The standard InChI is InChI=1S/C14H18ClNO3/c1-14(2,8-12(17)9-15)16-13(18)19-10-11-6-4-3-5-7-11/h3-7H,8-10H2,1-2H3,(H,16,18). The number of rotatable bonds is 6. The summed E-state index contributed by atoms with van der Waals surface area (Å²) in [5, 5.41) is 2.65. The van der Waals surface area contributed by atoms with Gasteiger partial charge in [-0.3, -0.25) is 4.79 Å². The second-order valence-corrected chi connectivity index (χ2v) is 5.19. The number of ketones is 1. The van der Waals surface area contributed by atoms with Crippen LogP contribution in [0.15, 0.2) is 30.3 Å². The Hall–Kier alpha value is -1.55. The minimum absolute atomic E-state index is 0.0514. The van der Waals surface area contributed by atoms with Gasteiger partial charge in [-0.25, -0.2) is 4.79 Å². The fourth-order valence-electron chi connectivity index (χ4n) is 1.62. The third-order valence-electron chi connectivity index (χ3n) is 2.44. The molecule has 0 heterocycles. The van der Waals surface area contributed by atoms with Crippen molar-refractivity contribution in [2.75, 3.05) is 5.88 Å². The number of benzene rings is 1. The molecule has 0 aliphatic rings. The van der Waals surface area contributed by atoms with E-state index >= 15 is 0 Å². The third-order valence-corrected chi connectivity index (χ3v) is 2.74. The van der Waals surface area contributed by atoms with E-state index in [-0.39, 0.29) is 24.7 Å². The summed E-state index contributed by atoms with van der Waals surface area (Å²) < 4.78 is 5.08. The van der Waals surface area contributed by atoms with Gasteiger partial charge >= 0.3 is 6.09 Å². The molecule has 5 heteroatoms. The number of amides is 1. The van der Waals surface area contributed by atoms with Crippen molar-refractivity contribution in [2.24, 2.45) is 0 Å². The predicted octanol–water partition coefficient (Wildman–Crippen LogP) is 2.89. The van der Waals surface area contributed by atoms with Crippen LogP contribution in [0.3, 0.4) is 0 Å². The minimum Gasteiger partial charge on any atom is -0.445 e. The fourth-order valence-corrected chi connectivity index (χ4v) is 1.71. The zero-order chi connectivity index (χ0) is 14.3. The van der Waals surface area contributed by atoms with Crippen LogP contribution in [0.1, 0.15) is 25.8 Å². The first-order valence-corrected chi connectivity index (χ1v) is 6.53. The number of ether oxygens (including phenoxy) is 1. The molecule has 0 fully saturated rings.